The van der Waals surface area contributed by atoms with Crippen molar-refractivity contribution in [3.8, 4) is 11.4 Å². The van der Waals surface area contributed by atoms with E-state index in [0.29, 0.717) is 6.54 Å². The van der Waals surface area contributed by atoms with Crippen LogP contribution in [-0.4, -0.2) is 45.2 Å². The lowest BCUT2D eigenvalue weighted by Crippen LogP contribution is -2.25. The Hall–Kier alpha value is -3.20. The fourth-order valence-corrected chi connectivity index (χ4v) is 4.02. The zero-order chi connectivity index (χ0) is 20.7. The second kappa shape index (κ2) is 7.56. The fourth-order valence-electron chi connectivity index (χ4n) is 4.02. The van der Waals surface area contributed by atoms with Gasteiger partial charge < -0.3 is 9.67 Å². The molecule has 0 saturated heterocycles. The summed E-state index contributed by atoms with van der Waals surface area (Å²) in [6.07, 6.45) is 10.9. The topological polar surface area (TPSA) is 95.7 Å². The van der Waals surface area contributed by atoms with E-state index in [1.54, 1.807) is 27.8 Å². The molecule has 0 aliphatic heterocycles. The highest BCUT2D eigenvalue weighted by molar-refractivity contribution is 5.75. The summed E-state index contributed by atoms with van der Waals surface area (Å²) < 4.78 is 7.55. The van der Waals surface area contributed by atoms with Gasteiger partial charge in [-0.3, -0.25) is 18.8 Å². The standard InChI is InChI=1S/C21H25N7O2/c1-25-17(7-9-23-25)16-13-26(10-2-3-11-29)20(24-16)14-27-19-12-22-8-6-18(19)28(21(27)30)15-4-5-15/h6-9,12-13,15,29H,2-5,10-11,14H2,1H3. The molecule has 0 atom stereocenters. The van der Waals surface area contributed by atoms with Crippen LogP contribution in [-0.2, 0) is 20.1 Å². The van der Waals surface area contributed by atoms with Gasteiger partial charge in [0.05, 0.1) is 29.5 Å². The van der Waals surface area contributed by atoms with Crippen LogP contribution in [0.25, 0.3) is 22.4 Å². The first-order chi connectivity index (χ1) is 14.7. The number of aliphatic hydroxyl groups is 1. The third-order valence-electron chi connectivity index (χ3n) is 5.73. The number of aliphatic hydroxyl groups excluding tert-OH is 1. The first kappa shape index (κ1) is 18.8. The summed E-state index contributed by atoms with van der Waals surface area (Å²) in [7, 11) is 1.89. The molecule has 156 valence electrons. The van der Waals surface area contributed by atoms with Crippen molar-refractivity contribution >= 4 is 11.0 Å². The molecular weight excluding hydrogens is 382 g/mol. The Morgan fingerprint density at radius 1 is 1.17 bits per heavy atom. The molecule has 9 heteroatoms. The van der Waals surface area contributed by atoms with E-state index in [1.165, 1.54) is 0 Å². The lowest BCUT2D eigenvalue weighted by molar-refractivity contribution is 0.281. The summed E-state index contributed by atoms with van der Waals surface area (Å²) in [5.41, 5.74) is 3.51. The van der Waals surface area contributed by atoms with Gasteiger partial charge in [-0.2, -0.15) is 5.10 Å². The number of aromatic nitrogens is 7. The highest BCUT2D eigenvalue weighted by Crippen LogP contribution is 2.36. The van der Waals surface area contributed by atoms with E-state index < -0.39 is 0 Å². The molecule has 0 unspecified atom stereocenters. The van der Waals surface area contributed by atoms with Crippen LogP contribution in [0.2, 0.25) is 0 Å². The summed E-state index contributed by atoms with van der Waals surface area (Å²) in [4.78, 5) is 22.4. The van der Waals surface area contributed by atoms with Crippen molar-refractivity contribution in [1.29, 1.82) is 0 Å². The van der Waals surface area contributed by atoms with Crippen LogP contribution in [0, 0.1) is 0 Å². The molecule has 4 heterocycles. The molecule has 1 aliphatic rings. The Morgan fingerprint density at radius 2 is 2.03 bits per heavy atom. The zero-order valence-electron chi connectivity index (χ0n) is 17.0. The minimum Gasteiger partial charge on any atom is -0.396 e. The van der Waals surface area contributed by atoms with Gasteiger partial charge in [-0.1, -0.05) is 0 Å². The molecule has 9 nitrogen and oxygen atoms in total. The highest BCUT2D eigenvalue weighted by Gasteiger charge is 2.29. The molecular formula is C21H25N7O2. The SMILES string of the molecule is Cn1nccc1-c1cn(CCCCO)c(Cn2c(=O)n(C3CC3)c3ccncc32)n1. The van der Waals surface area contributed by atoms with E-state index in [9.17, 15) is 4.79 Å². The van der Waals surface area contributed by atoms with E-state index >= 15 is 0 Å². The van der Waals surface area contributed by atoms with Crippen LogP contribution in [0.5, 0.6) is 0 Å². The Balaban J connectivity index is 1.57. The average molecular weight is 407 g/mol. The number of aryl methyl sites for hydroxylation is 2. The Bertz CT molecular complexity index is 1240. The molecule has 0 amide bonds. The maximum atomic E-state index is 13.2. The second-order valence-electron chi connectivity index (χ2n) is 7.84. The van der Waals surface area contributed by atoms with Crippen LogP contribution in [0.3, 0.4) is 0 Å². The largest absolute Gasteiger partial charge is 0.396 e. The molecule has 30 heavy (non-hydrogen) atoms. The fraction of sp³-hybridized carbons (Fsp3) is 0.429. The Kier molecular flexibility index (Phi) is 4.74. The molecule has 1 aliphatic carbocycles. The molecule has 1 fully saturated rings. The van der Waals surface area contributed by atoms with Crippen molar-refractivity contribution in [2.24, 2.45) is 7.05 Å². The predicted molar refractivity (Wildman–Crippen MR) is 112 cm³/mol. The summed E-state index contributed by atoms with van der Waals surface area (Å²) >= 11 is 0. The van der Waals surface area contributed by atoms with Crippen molar-refractivity contribution in [3.05, 3.63) is 53.2 Å². The maximum Gasteiger partial charge on any atom is 0.329 e. The zero-order valence-corrected chi connectivity index (χ0v) is 17.0. The van der Waals surface area contributed by atoms with E-state index in [2.05, 4.69) is 14.6 Å². The van der Waals surface area contributed by atoms with Crippen molar-refractivity contribution in [1.82, 2.24) is 33.4 Å². The average Bonchev–Trinajstić information content (AvgIpc) is 3.26. The molecule has 5 rings (SSSR count). The first-order valence-corrected chi connectivity index (χ1v) is 10.4. The van der Waals surface area contributed by atoms with Crippen molar-refractivity contribution in [2.75, 3.05) is 6.61 Å². The molecule has 0 bridgehead atoms. The van der Waals surface area contributed by atoms with Crippen LogP contribution < -0.4 is 5.69 Å². The predicted octanol–water partition coefficient (Wildman–Crippen LogP) is 1.95. The van der Waals surface area contributed by atoms with Gasteiger partial charge in [-0.15, -0.1) is 0 Å². The second-order valence-corrected chi connectivity index (χ2v) is 7.84. The summed E-state index contributed by atoms with van der Waals surface area (Å²) in [5.74, 6) is 0.810. The summed E-state index contributed by atoms with van der Waals surface area (Å²) in [6, 6.07) is 4.14. The van der Waals surface area contributed by atoms with E-state index in [1.807, 2.05) is 29.9 Å². The van der Waals surface area contributed by atoms with Crippen molar-refractivity contribution in [3.63, 3.8) is 0 Å². The van der Waals surface area contributed by atoms with E-state index in [4.69, 9.17) is 10.1 Å². The number of imidazole rings is 2. The minimum atomic E-state index is -0.00695. The van der Waals surface area contributed by atoms with Gasteiger partial charge >= 0.3 is 5.69 Å². The molecule has 0 radical (unpaired) electrons. The monoisotopic (exact) mass is 407 g/mol. The minimum absolute atomic E-state index is 0.00695. The third kappa shape index (κ3) is 3.24. The smallest absolute Gasteiger partial charge is 0.329 e. The van der Waals surface area contributed by atoms with Crippen molar-refractivity contribution in [2.45, 2.75) is 44.8 Å². The highest BCUT2D eigenvalue weighted by atomic mass is 16.3. The van der Waals surface area contributed by atoms with Gasteiger partial charge in [0.1, 0.15) is 11.5 Å². The van der Waals surface area contributed by atoms with Gasteiger partial charge in [0, 0.05) is 44.8 Å². The van der Waals surface area contributed by atoms with E-state index in [0.717, 1.165) is 60.5 Å². The Labute approximate surface area is 173 Å². The first-order valence-electron chi connectivity index (χ1n) is 10.4. The van der Waals surface area contributed by atoms with Gasteiger partial charge in [0.2, 0.25) is 0 Å². The summed E-state index contributed by atoms with van der Waals surface area (Å²) in [6.45, 7) is 1.27. The number of hydrogen-bond donors (Lipinski definition) is 1. The molecule has 1 saturated carbocycles. The number of unbranched alkanes of at least 4 members (excludes halogenated alkanes) is 1. The number of hydrogen-bond acceptors (Lipinski definition) is 5. The Morgan fingerprint density at radius 3 is 2.77 bits per heavy atom. The molecule has 0 spiro atoms. The maximum absolute atomic E-state index is 13.2. The molecule has 4 aromatic rings. The van der Waals surface area contributed by atoms with Crippen LogP contribution in [0.15, 0.2) is 41.7 Å². The van der Waals surface area contributed by atoms with Gasteiger partial charge in [0.25, 0.3) is 0 Å². The lowest BCUT2D eigenvalue weighted by atomic mass is 10.3. The van der Waals surface area contributed by atoms with Crippen LogP contribution in [0.4, 0.5) is 0 Å². The van der Waals surface area contributed by atoms with E-state index in [-0.39, 0.29) is 18.3 Å². The van der Waals surface area contributed by atoms with Crippen molar-refractivity contribution < 1.29 is 5.11 Å². The molecule has 4 aromatic heterocycles. The normalized spacial score (nSPS) is 14.1. The van der Waals surface area contributed by atoms with Crippen LogP contribution in [0.1, 0.15) is 37.5 Å². The summed E-state index contributed by atoms with van der Waals surface area (Å²) in [5, 5.41) is 13.4. The number of nitrogens with zero attached hydrogens (tertiary/aromatic N) is 7. The lowest BCUT2D eigenvalue weighted by Gasteiger charge is -2.08. The molecule has 0 aromatic carbocycles. The number of pyridine rings is 1. The quantitative estimate of drug-likeness (QED) is 0.451. The van der Waals surface area contributed by atoms with Gasteiger partial charge in [0.15, 0.2) is 0 Å². The molecule has 1 N–H and O–H groups in total. The van der Waals surface area contributed by atoms with Gasteiger partial charge in [-0.25, -0.2) is 9.78 Å². The number of rotatable bonds is 8. The van der Waals surface area contributed by atoms with Gasteiger partial charge in [-0.05, 0) is 37.8 Å². The number of fused-ring (bicyclic) bond motifs is 1. The third-order valence-corrected chi connectivity index (χ3v) is 5.73. The van der Waals surface area contributed by atoms with Crippen LogP contribution >= 0.6 is 0 Å².